The summed E-state index contributed by atoms with van der Waals surface area (Å²) in [6.07, 6.45) is -1.79. The molecule has 0 radical (unpaired) electrons. The lowest BCUT2D eigenvalue weighted by Crippen LogP contribution is -2.33. The topological polar surface area (TPSA) is 58.7 Å². The molecule has 0 heterocycles. The van der Waals surface area contributed by atoms with Crippen molar-refractivity contribution in [3.63, 3.8) is 0 Å². The highest BCUT2D eigenvalue weighted by Crippen LogP contribution is 2.19. The second-order valence-corrected chi connectivity index (χ2v) is 4.16. The van der Waals surface area contributed by atoms with E-state index in [4.69, 9.17) is 15.6 Å². The minimum Gasteiger partial charge on any atom is -0.491 e. The highest BCUT2D eigenvalue weighted by molar-refractivity contribution is 5.51. The van der Waals surface area contributed by atoms with Gasteiger partial charge in [-0.3, -0.25) is 4.90 Å². The number of rotatable bonds is 9. The molecule has 108 valence electrons. The van der Waals surface area contributed by atoms with Crippen LogP contribution in [0.1, 0.15) is 6.42 Å². The fourth-order valence-corrected chi connectivity index (χ4v) is 1.71. The van der Waals surface area contributed by atoms with Crippen LogP contribution in [0.5, 0.6) is 5.75 Å². The number of ether oxygens (including phenoxy) is 1. The van der Waals surface area contributed by atoms with E-state index >= 15 is 0 Å². The third kappa shape index (κ3) is 6.35. The van der Waals surface area contributed by atoms with Crippen LogP contribution in [0.25, 0.3) is 0 Å². The number of hydrogen-bond acceptors (Lipinski definition) is 4. The SMILES string of the molecule is Nc1ccccc1OCCCN(CCO)CC(F)F. The summed E-state index contributed by atoms with van der Waals surface area (Å²) in [6.45, 7) is 0.655. The minimum absolute atomic E-state index is 0.126. The second kappa shape index (κ2) is 8.66. The van der Waals surface area contributed by atoms with Gasteiger partial charge in [-0.1, -0.05) is 12.1 Å². The summed E-state index contributed by atoms with van der Waals surface area (Å²) in [7, 11) is 0. The van der Waals surface area contributed by atoms with Gasteiger partial charge in [0.1, 0.15) is 5.75 Å². The van der Waals surface area contributed by atoms with Crippen molar-refractivity contribution in [2.24, 2.45) is 0 Å². The van der Waals surface area contributed by atoms with E-state index in [1.165, 1.54) is 4.90 Å². The molecule has 0 aliphatic heterocycles. The Morgan fingerprint density at radius 3 is 2.63 bits per heavy atom. The summed E-state index contributed by atoms with van der Waals surface area (Å²) in [5, 5.41) is 8.79. The average molecular weight is 274 g/mol. The Balaban J connectivity index is 2.26. The van der Waals surface area contributed by atoms with E-state index in [2.05, 4.69) is 0 Å². The van der Waals surface area contributed by atoms with E-state index in [1.54, 1.807) is 12.1 Å². The molecule has 0 fully saturated rings. The fourth-order valence-electron chi connectivity index (χ4n) is 1.71. The molecule has 0 aliphatic rings. The number of aliphatic hydroxyl groups excluding tert-OH is 1. The van der Waals surface area contributed by atoms with Crippen LogP contribution < -0.4 is 10.5 Å². The molecule has 1 rings (SSSR count). The molecule has 3 N–H and O–H groups in total. The maximum Gasteiger partial charge on any atom is 0.251 e. The van der Waals surface area contributed by atoms with Gasteiger partial charge < -0.3 is 15.6 Å². The first-order valence-electron chi connectivity index (χ1n) is 6.22. The first kappa shape index (κ1) is 15.7. The molecule has 0 aliphatic carbocycles. The van der Waals surface area contributed by atoms with E-state index in [0.29, 0.717) is 31.0 Å². The Bertz CT molecular complexity index is 364. The van der Waals surface area contributed by atoms with E-state index in [1.807, 2.05) is 12.1 Å². The first-order valence-corrected chi connectivity index (χ1v) is 6.22. The van der Waals surface area contributed by atoms with Crippen molar-refractivity contribution in [1.82, 2.24) is 4.90 Å². The zero-order chi connectivity index (χ0) is 14.1. The van der Waals surface area contributed by atoms with Crippen LogP contribution in [0.3, 0.4) is 0 Å². The minimum atomic E-state index is -2.39. The lowest BCUT2D eigenvalue weighted by molar-refractivity contribution is 0.0754. The summed E-state index contributed by atoms with van der Waals surface area (Å²) in [5.74, 6) is 0.602. The molecule has 0 atom stereocenters. The molecule has 0 saturated heterocycles. The number of nitrogens with two attached hydrogens (primary N) is 1. The monoisotopic (exact) mass is 274 g/mol. The molecule has 0 amide bonds. The van der Waals surface area contributed by atoms with Gasteiger partial charge in [0.25, 0.3) is 6.43 Å². The van der Waals surface area contributed by atoms with Crippen LogP contribution in [-0.2, 0) is 0 Å². The lowest BCUT2D eigenvalue weighted by Gasteiger charge is -2.20. The van der Waals surface area contributed by atoms with Crippen LogP contribution in [0.15, 0.2) is 24.3 Å². The highest BCUT2D eigenvalue weighted by atomic mass is 19.3. The summed E-state index contributed by atoms with van der Waals surface area (Å²) in [4.78, 5) is 1.52. The van der Waals surface area contributed by atoms with Gasteiger partial charge in [-0.15, -0.1) is 0 Å². The fraction of sp³-hybridized carbons (Fsp3) is 0.538. The maximum absolute atomic E-state index is 12.3. The van der Waals surface area contributed by atoms with Crippen LogP contribution in [-0.4, -0.2) is 49.3 Å². The van der Waals surface area contributed by atoms with E-state index < -0.39 is 6.43 Å². The zero-order valence-electron chi connectivity index (χ0n) is 10.8. The van der Waals surface area contributed by atoms with E-state index in [-0.39, 0.29) is 19.7 Å². The van der Waals surface area contributed by atoms with Crippen molar-refractivity contribution < 1.29 is 18.6 Å². The van der Waals surface area contributed by atoms with Crippen LogP contribution in [0.2, 0.25) is 0 Å². The Kier molecular flexibility index (Phi) is 7.14. The maximum atomic E-state index is 12.3. The third-order valence-corrected chi connectivity index (χ3v) is 2.61. The van der Waals surface area contributed by atoms with Gasteiger partial charge in [0.2, 0.25) is 0 Å². The first-order chi connectivity index (χ1) is 9.13. The number of anilines is 1. The van der Waals surface area contributed by atoms with Gasteiger partial charge in [0.05, 0.1) is 25.4 Å². The van der Waals surface area contributed by atoms with Gasteiger partial charge in [0.15, 0.2) is 0 Å². The standard InChI is InChI=1S/C13H20F2N2O2/c14-13(15)10-17(7-8-18)6-3-9-19-12-5-2-1-4-11(12)16/h1-2,4-5,13,18H,3,6-10,16H2. The molecule has 6 heteroatoms. The van der Waals surface area contributed by atoms with Crippen molar-refractivity contribution in [3.05, 3.63) is 24.3 Å². The molecule has 0 saturated carbocycles. The number of halogens is 2. The van der Waals surface area contributed by atoms with Crippen molar-refractivity contribution in [2.45, 2.75) is 12.8 Å². The molecule has 1 aromatic carbocycles. The van der Waals surface area contributed by atoms with Crippen molar-refractivity contribution in [2.75, 3.05) is 38.6 Å². The number of hydrogen-bond donors (Lipinski definition) is 2. The summed E-state index contributed by atoms with van der Waals surface area (Å²) in [6, 6.07) is 7.14. The summed E-state index contributed by atoms with van der Waals surface area (Å²) in [5.41, 5.74) is 6.27. The van der Waals surface area contributed by atoms with Gasteiger partial charge in [-0.2, -0.15) is 0 Å². The van der Waals surface area contributed by atoms with Crippen LogP contribution in [0.4, 0.5) is 14.5 Å². The molecular weight excluding hydrogens is 254 g/mol. The molecule has 4 nitrogen and oxygen atoms in total. The molecule has 19 heavy (non-hydrogen) atoms. The van der Waals surface area contributed by atoms with Gasteiger partial charge in [0, 0.05) is 13.1 Å². The van der Waals surface area contributed by atoms with Crippen molar-refractivity contribution >= 4 is 5.69 Å². The summed E-state index contributed by atoms with van der Waals surface area (Å²) >= 11 is 0. The van der Waals surface area contributed by atoms with Crippen molar-refractivity contribution in [3.8, 4) is 5.75 Å². The largest absolute Gasteiger partial charge is 0.491 e. The average Bonchev–Trinajstić information content (AvgIpc) is 2.36. The molecular formula is C13H20F2N2O2. The predicted octanol–water partition coefficient (Wildman–Crippen LogP) is 1.60. The molecule has 1 aromatic rings. The lowest BCUT2D eigenvalue weighted by atomic mass is 10.3. The second-order valence-electron chi connectivity index (χ2n) is 4.16. The molecule has 0 spiro atoms. The zero-order valence-corrected chi connectivity index (χ0v) is 10.8. The normalized spacial score (nSPS) is 11.2. The van der Waals surface area contributed by atoms with Crippen LogP contribution >= 0.6 is 0 Å². The Hall–Kier alpha value is -1.40. The molecule has 0 unspecified atom stereocenters. The van der Waals surface area contributed by atoms with E-state index in [0.717, 1.165) is 0 Å². The van der Waals surface area contributed by atoms with Crippen LogP contribution in [0, 0.1) is 0 Å². The smallest absolute Gasteiger partial charge is 0.251 e. The number of aliphatic hydroxyl groups is 1. The number of nitrogens with zero attached hydrogens (tertiary/aromatic N) is 1. The molecule has 0 bridgehead atoms. The highest BCUT2D eigenvalue weighted by Gasteiger charge is 2.11. The molecule has 0 aromatic heterocycles. The number of alkyl halides is 2. The Labute approximate surface area is 111 Å². The Morgan fingerprint density at radius 2 is 2.00 bits per heavy atom. The number of benzene rings is 1. The van der Waals surface area contributed by atoms with Crippen molar-refractivity contribution in [1.29, 1.82) is 0 Å². The van der Waals surface area contributed by atoms with Gasteiger partial charge in [-0.05, 0) is 18.6 Å². The third-order valence-electron chi connectivity index (χ3n) is 2.61. The predicted molar refractivity (Wildman–Crippen MR) is 70.5 cm³/mol. The van der Waals surface area contributed by atoms with Gasteiger partial charge >= 0.3 is 0 Å². The number of nitrogen functional groups attached to an aromatic ring is 1. The van der Waals surface area contributed by atoms with Gasteiger partial charge in [-0.25, -0.2) is 8.78 Å². The number of para-hydroxylation sites is 2. The quantitative estimate of drug-likeness (QED) is 0.530. The Morgan fingerprint density at radius 1 is 1.26 bits per heavy atom. The van der Waals surface area contributed by atoms with E-state index in [9.17, 15) is 8.78 Å². The summed E-state index contributed by atoms with van der Waals surface area (Å²) < 4.78 is 30.0.